The third-order valence-electron chi connectivity index (χ3n) is 2.28. The van der Waals surface area contributed by atoms with Gasteiger partial charge in [-0.15, -0.1) is 0 Å². The zero-order valence-electron chi connectivity index (χ0n) is 9.53. The molecule has 3 nitrogen and oxygen atoms in total. The van der Waals surface area contributed by atoms with E-state index in [0.29, 0.717) is 4.99 Å². The second-order valence-electron chi connectivity index (χ2n) is 3.54. The highest BCUT2D eigenvalue weighted by atomic mass is 32.1. The van der Waals surface area contributed by atoms with Crippen LogP contribution in [0.3, 0.4) is 0 Å². The normalized spacial score (nSPS) is 10.1. The molecular weight excluding hydrogens is 220 g/mol. The number of rotatable bonds is 7. The Morgan fingerprint density at radius 3 is 2.81 bits per heavy atom. The zero-order chi connectivity index (χ0) is 11.8. The third-order valence-corrected chi connectivity index (χ3v) is 2.50. The van der Waals surface area contributed by atoms with Crippen LogP contribution < -0.4 is 11.1 Å². The number of ether oxygens (including phenoxy) is 1. The molecular formula is C12H18N2OS. The van der Waals surface area contributed by atoms with Gasteiger partial charge in [0.15, 0.2) is 0 Å². The number of anilines is 1. The Morgan fingerprint density at radius 2 is 2.12 bits per heavy atom. The first kappa shape index (κ1) is 12.9. The van der Waals surface area contributed by atoms with Gasteiger partial charge in [0.1, 0.15) is 4.99 Å². The quantitative estimate of drug-likeness (QED) is 0.564. The molecule has 0 aromatic heterocycles. The van der Waals surface area contributed by atoms with Gasteiger partial charge >= 0.3 is 0 Å². The maximum Gasteiger partial charge on any atom is 0.106 e. The standard InChI is InChI=1S/C12H18N2OS/c1-15-9-5-4-8-14-11-7-3-2-6-10(11)12(13)16/h2-3,6-7,14H,4-5,8-9H2,1H3,(H2,13,16). The van der Waals surface area contributed by atoms with Crippen molar-refractivity contribution in [1.29, 1.82) is 0 Å². The van der Waals surface area contributed by atoms with Crippen molar-refractivity contribution in [2.45, 2.75) is 12.8 Å². The number of nitrogens with one attached hydrogen (secondary N) is 1. The van der Waals surface area contributed by atoms with Crippen molar-refractivity contribution in [2.24, 2.45) is 5.73 Å². The summed E-state index contributed by atoms with van der Waals surface area (Å²) in [7, 11) is 1.72. The van der Waals surface area contributed by atoms with Crippen LogP contribution in [0.2, 0.25) is 0 Å². The summed E-state index contributed by atoms with van der Waals surface area (Å²) >= 11 is 4.99. The van der Waals surface area contributed by atoms with Crippen LogP contribution in [0.4, 0.5) is 5.69 Å². The van der Waals surface area contributed by atoms with Gasteiger partial charge in [0.05, 0.1) is 0 Å². The van der Waals surface area contributed by atoms with Gasteiger partial charge in [0.25, 0.3) is 0 Å². The second-order valence-corrected chi connectivity index (χ2v) is 3.98. The molecule has 16 heavy (non-hydrogen) atoms. The summed E-state index contributed by atoms with van der Waals surface area (Å²) in [5.41, 5.74) is 7.55. The van der Waals surface area contributed by atoms with Crippen molar-refractivity contribution in [3.63, 3.8) is 0 Å². The molecule has 3 N–H and O–H groups in total. The lowest BCUT2D eigenvalue weighted by Gasteiger charge is -2.10. The SMILES string of the molecule is COCCCCNc1ccccc1C(N)=S. The maximum atomic E-state index is 5.64. The van der Waals surface area contributed by atoms with Crippen molar-refractivity contribution in [3.05, 3.63) is 29.8 Å². The van der Waals surface area contributed by atoms with E-state index in [1.54, 1.807) is 7.11 Å². The van der Waals surface area contributed by atoms with E-state index in [0.717, 1.165) is 37.2 Å². The summed E-state index contributed by atoms with van der Waals surface area (Å²) in [5.74, 6) is 0. The number of para-hydroxylation sites is 1. The highest BCUT2D eigenvalue weighted by Crippen LogP contribution is 2.14. The van der Waals surface area contributed by atoms with Crippen molar-refractivity contribution in [2.75, 3.05) is 25.6 Å². The molecule has 0 amide bonds. The van der Waals surface area contributed by atoms with Crippen LogP contribution in [0.15, 0.2) is 24.3 Å². The predicted molar refractivity (Wildman–Crippen MR) is 71.9 cm³/mol. The topological polar surface area (TPSA) is 47.3 Å². The molecule has 0 heterocycles. The van der Waals surface area contributed by atoms with Crippen molar-refractivity contribution in [1.82, 2.24) is 0 Å². The Kier molecular flexibility index (Phi) is 5.82. The van der Waals surface area contributed by atoms with Gasteiger partial charge in [0, 0.05) is 31.5 Å². The van der Waals surface area contributed by atoms with E-state index in [2.05, 4.69) is 5.32 Å². The number of hydrogen-bond donors (Lipinski definition) is 2. The number of hydrogen-bond acceptors (Lipinski definition) is 3. The van der Waals surface area contributed by atoms with Crippen LogP contribution in [0.25, 0.3) is 0 Å². The highest BCUT2D eigenvalue weighted by molar-refractivity contribution is 7.80. The van der Waals surface area contributed by atoms with Crippen LogP contribution >= 0.6 is 12.2 Å². The van der Waals surface area contributed by atoms with Gasteiger partial charge in [-0.2, -0.15) is 0 Å². The molecule has 0 atom stereocenters. The van der Waals surface area contributed by atoms with Crippen LogP contribution in [0.5, 0.6) is 0 Å². The Bertz CT molecular complexity index is 342. The number of unbranched alkanes of at least 4 members (excludes halogenated alkanes) is 1. The van der Waals surface area contributed by atoms with E-state index < -0.39 is 0 Å². The van der Waals surface area contributed by atoms with Gasteiger partial charge < -0.3 is 15.8 Å². The molecule has 0 saturated heterocycles. The van der Waals surface area contributed by atoms with Crippen molar-refractivity contribution in [3.8, 4) is 0 Å². The van der Waals surface area contributed by atoms with E-state index in [1.807, 2.05) is 24.3 Å². The molecule has 0 saturated carbocycles. The molecule has 0 aliphatic rings. The third kappa shape index (κ3) is 4.16. The molecule has 0 radical (unpaired) electrons. The van der Waals surface area contributed by atoms with E-state index in [4.69, 9.17) is 22.7 Å². The van der Waals surface area contributed by atoms with Gasteiger partial charge in [-0.1, -0.05) is 24.4 Å². The van der Waals surface area contributed by atoms with E-state index in [-0.39, 0.29) is 0 Å². The maximum absolute atomic E-state index is 5.64. The molecule has 1 aromatic rings. The highest BCUT2D eigenvalue weighted by Gasteiger charge is 2.02. The van der Waals surface area contributed by atoms with Gasteiger partial charge in [-0.25, -0.2) is 0 Å². The van der Waals surface area contributed by atoms with E-state index >= 15 is 0 Å². The average molecular weight is 238 g/mol. The fraction of sp³-hybridized carbons (Fsp3) is 0.417. The Labute approximate surface area is 102 Å². The first-order valence-electron chi connectivity index (χ1n) is 5.37. The van der Waals surface area contributed by atoms with Crippen LogP contribution in [0.1, 0.15) is 18.4 Å². The molecule has 0 spiro atoms. The minimum atomic E-state index is 0.431. The predicted octanol–water partition coefficient (Wildman–Crippen LogP) is 2.16. The van der Waals surface area contributed by atoms with Crippen LogP contribution in [-0.4, -0.2) is 25.2 Å². The molecule has 0 bridgehead atoms. The van der Waals surface area contributed by atoms with Crippen molar-refractivity contribution < 1.29 is 4.74 Å². The smallest absolute Gasteiger partial charge is 0.106 e. The Balaban J connectivity index is 2.44. The summed E-state index contributed by atoms with van der Waals surface area (Å²) in [5, 5.41) is 3.33. The largest absolute Gasteiger partial charge is 0.389 e. The zero-order valence-corrected chi connectivity index (χ0v) is 10.3. The summed E-state index contributed by atoms with van der Waals surface area (Å²) < 4.78 is 4.99. The first-order valence-corrected chi connectivity index (χ1v) is 5.78. The molecule has 88 valence electrons. The number of thiocarbonyl (C=S) groups is 1. The molecule has 1 rings (SSSR count). The van der Waals surface area contributed by atoms with E-state index in [1.165, 1.54) is 0 Å². The molecule has 0 aliphatic carbocycles. The lowest BCUT2D eigenvalue weighted by Crippen LogP contribution is -2.13. The summed E-state index contributed by atoms with van der Waals surface area (Å²) in [4.78, 5) is 0.431. The fourth-order valence-corrected chi connectivity index (χ4v) is 1.62. The monoisotopic (exact) mass is 238 g/mol. The summed E-state index contributed by atoms with van der Waals surface area (Å²) in [6.07, 6.45) is 2.12. The minimum Gasteiger partial charge on any atom is -0.389 e. The molecule has 0 fully saturated rings. The van der Waals surface area contributed by atoms with Crippen LogP contribution in [-0.2, 0) is 4.74 Å². The molecule has 0 unspecified atom stereocenters. The lowest BCUT2D eigenvalue weighted by atomic mass is 10.1. The summed E-state index contributed by atoms with van der Waals surface area (Å²) in [6.45, 7) is 1.71. The summed E-state index contributed by atoms with van der Waals surface area (Å²) in [6, 6.07) is 7.83. The lowest BCUT2D eigenvalue weighted by molar-refractivity contribution is 0.194. The first-order chi connectivity index (χ1) is 7.75. The van der Waals surface area contributed by atoms with Gasteiger partial charge in [0.2, 0.25) is 0 Å². The number of nitrogens with two attached hydrogens (primary N) is 1. The Hall–Kier alpha value is -1.13. The fourth-order valence-electron chi connectivity index (χ4n) is 1.45. The van der Waals surface area contributed by atoms with Crippen LogP contribution in [0, 0.1) is 0 Å². The minimum absolute atomic E-state index is 0.431. The van der Waals surface area contributed by atoms with Gasteiger partial charge in [-0.3, -0.25) is 0 Å². The average Bonchev–Trinajstić information content (AvgIpc) is 2.29. The second kappa shape index (κ2) is 7.19. The number of benzene rings is 1. The Morgan fingerprint density at radius 1 is 1.38 bits per heavy atom. The molecule has 4 heteroatoms. The van der Waals surface area contributed by atoms with Crippen molar-refractivity contribution >= 4 is 22.9 Å². The molecule has 0 aliphatic heterocycles. The number of methoxy groups -OCH3 is 1. The van der Waals surface area contributed by atoms with E-state index in [9.17, 15) is 0 Å². The van der Waals surface area contributed by atoms with Gasteiger partial charge in [-0.05, 0) is 25.0 Å². The molecule has 1 aromatic carbocycles.